The van der Waals surface area contributed by atoms with Crippen LogP contribution in [0.5, 0.6) is 0 Å². The normalized spacial score (nSPS) is 12.7. The number of ether oxygens (including phenoxy) is 1. The molecule has 0 spiro atoms. The maximum atomic E-state index is 12.2. The van der Waals surface area contributed by atoms with E-state index in [1.165, 1.54) is 102 Å². The summed E-state index contributed by atoms with van der Waals surface area (Å²) in [5.74, 6) is -1.55. The van der Waals surface area contributed by atoms with Crippen LogP contribution in [0.3, 0.4) is 0 Å². The molecular formula is C27H41NO4. The van der Waals surface area contributed by atoms with Crippen LogP contribution in [0, 0.1) is 0 Å². The van der Waals surface area contributed by atoms with Crippen LogP contribution in [-0.2, 0) is 4.74 Å². The van der Waals surface area contributed by atoms with E-state index in [1.54, 1.807) is 6.07 Å². The fourth-order valence-corrected chi connectivity index (χ4v) is 4.20. The Morgan fingerprint density at radius 2 is 1.16 bits per heavy atom. The van der Waals surface area contributed by atoms with Crippen molar-refractivity contribution in [3.63, 3.8) is 0 Å². The number of nitrogens with one attached hydrogen (secondary N) is 1. The molecule has 0 saturated heterocycles. The van der Waals surface area contributed by atoms with Crippen LogP contribution < -0.4 is 5.32 Å². The van der Waals surface area contributed by atoms with Crippen LogP contribution in [0.15, 0.2) is 18.2 Å². The monoisotopic (exact) mass is 443 g/mol. The third-order valence-electron chi connectivity index (χ3n) is 6.22. The second-order valence-electron chi connectivity index (χ2n) is 9.00. The molecule has 1 heterocycles. The smallest absolute Gasteiger partial charge is 0.346 e. The molecule has 32 heavy (non-hydrogen) atoms. The lowest BCUT2D eigenvalue weighted by molar-refractivity contribution is 0.0443. The molecule has 0 aromatic heterocycles. The Labute approximate surface area is 193 Å². The average molecular weight is 444 g/mol. The van der Waals surface area contributed by atoms with Crippen molar-refractivity contribution in [2.45, 2.75) is 110 Å². The number of rotatable bonds is 18. The van der Waals surface area contributed by atoms with Gasteiger partial charge in [0.05, 0.1) is 11.1 Å². The molecule has 0 bridgehead atoms. The fraction of sp³-hybridized carbons (Fsp3) is 0.667. The predicted octanol–water partition coefficient (Wildman–Crippen LogP) is 6.99. The van der Waals surface area contributed by atoms with Crippen molar-refractivity contribution in [1.82, 2.24) is 5.32 Å². The van der Waals surface area contributed by atoms with E-state index in [1.807, 2.05) is 0 Å². The highest BCUT2D eigenvalue weighted by molar-refractivity contribution is 6.15. The van der Waals surface area contributed by atoms with Gasteiger partial charge in [-0.05, 0) is 24.6 Å². The van der Waals surface area contributed by atoms with Crippen molar-refractivity contribution in [2.75, 3.05) is 6.54 Å². The molecule has 5 heteroatoms. The van der Waals surface area contributed by atoms with Gasteiger partial charge in [-0.3, -0.25) is 4.79 Å². The van der Waals surface area contributed by atoms with Crippen molar-refractivity contribution in [2.24, 2.45) is 0 Å². The number of fused-ring (bicyclic) bond motifs is 1. The van der Waals surface area contributed by atoms with Gasteiger partial charge in [-0.2, -0.15) is 0 Å². The fourth-order valence-electron chi connectivity index (χ4n) is 4.20. The van der Waals surface area contributed by atoms with E-state index in [2.05, 4.69) is 17.0 Å². The SMILES string of the molecule is CCCCCCCCCCCCCCCCCCNC(=O)c1ccc2c(c1)C(=O)OC2=O. The molecule has 1 aromatic carbocycles. The molecule has 5 nitrogen and oxygen atoms in total. The zero-order valence-corrected chi connectivity index (χ0v) is 19.9. The van der Waals surface area contributed by atoms with Gasteiger partial charge in [0.25, 0.3) is 5.91 Å². The van der Waals surface area contributed by atoms with E-state index < -0.39 is 11.9 Å². The second kappa shape index (κ2) is 15.6. The van der Waals surface area contributed by atoms with Crippen LogP contribution in [0.4, 0.5) is 0 Å². The summed E-state index contributed by atoms with van der Waals surface area (Å²) in [6.45, 7) is 2.89. The van der Waals surface area contributed by atoms with Gasteiger partial charge in [0, 0.05) is 12.1 Å². The van der Waals surface area contributed by atoms with Crippen molar-refractivity contribution in [3.8, 4) is 0 Å². The molecule has 2 rings (SSSR count). The molecule has 1 aliphatic heterocycles. The second-order valence-corrected chi connectivity index (χ2v) is 9.00. The number of esters is 2. The minimum Gasteiger partial charge on any atom is -0.386 e. The zero-order chi connectivity index (χ0) is 23.0. The predicted molar refractivity (Wildman–Crippen MR) is 128 cm³/mol. The number of carbonyl (C=O) groups is 3. The van der Waals surface area contributed by atoms with E-state index in [4.69, 9.17) is 0 Å². The Kier molecular flexibility index (Phi) is 12.7. The third-order valence-corrected chi connectivity index (χ3v) is 6.22. The molecule has 0 aliphatic carbocycles. The molecule has 1 aromatic rings. The summed E-state index contributed by atoms with van der Waals surface area (Å²) < 4.78 is 4.55. The van der Waals surface area contributed by atoms with E-state index in [0.717, 1.165) is 12.8 Å². The Balaban J connectivity index is 1.39. The summed E-state index contributed by atoms with van der Waals surface area (Å²) in [6, 6.07) is 4.47. The number of cyclic esters (lactones) is 2. The number of carbonyl (C=O) groups excluding carboxylic acids is 3. The zero-order valence-electron chi connectivity index (χ0n) is 19.9. The van der Waals surface area contributed by atoms with Crippen molar-refractivity contribution in [1.29, 1.82) is 0 Å². The number of benzene rings is 1. The summed E-state index contributed by atoms with van der Waals surface area (Å²) in [5.41, 5.74) is 0.779. The van der Waals surface area contributed by atoms with Crippen molar-refractivity contribution < 1.29 is 19.1 Å². The standard InChI is InChI=1S/C27H41NO4/c1-2-3-4-5-6-7-8-9-10-11-12-13-14-15-16-17-20-28-25(29)22-18-19-23-24(21-22)27(31)32-26(23)30/h18-19,21H,2-17,20H2,1H3,(H,28,29). The van der Waals surface area contributed by atoms with Gasteiger partial charge in [0.15, 0.2) is 0 Å². The number of hydrogen-bond donors (Lipinski definition) is 1. The first-order valence-corrected chi connectivity index (χ1v) is 12.8. The molecule has 0 atom stereocenters. The summed E-state index contributed by atoms with van der Waals surface area (Å²) in [6.07, 6.45) is 21.2. The molecule has 1 N–H and O–H groups in total. The highest BCUT2D eigenvalue weighted by Gasteiger charge is 2.30. The molecular weight excluding hydrogens is 402 g/mol. The number of amides is 1. The maximum Gasteiger partial charge on any atom is 0.346 e. The first kappa shape index (κ1) is 26.1. The molecule has 0 saturated carbocycles. The van der Waals surface area contributed by atoms with Gasteiger partial charge in [-0.1, -0.05) is 103 Å². The van der Waals surface area contributed by atoms with Crippen LogP contribution in [0.25, 0.3) is 0 Å². The average Bonchev–Trinajstić information content (AvgIpc) is 3.08. The molecule has 0 fully saturated rings. The number of hydrogen-bond acceptors (Lipinski definition) is 4. The van der Waals surface area contributed by atoms with Crippen LogP contribution in [0.2, 0.25) is 0 Å². The van der Waals surface area contributed by atoms with Gasteiger partial charge >= 0.3 is 11.9 Å². The van der Waals surface area contributed by atoms with Gasteiger partial charge in [-0.25, -0.2) is 9.59 Å². The molecule has 0 radical (unpaired) electrons. The molecule has 0 unspecified atom stereocenters. The minimum absolute atomic E-state index is 0.171. The Bertz CT molecular complexity index is 728. The lowest BCUT2D eigenvalue weighted by atomic mass is 10.0. The Morgan fingerprint density at radius 3 is 1.69 bits per heavy atom. The van der Waals surface area contributed by atoms with E-state index >= 15 is 0 Å². The molecule has 1 aliphatic rings. The molecule has 1 amide bonds. The van der Waals surface area contributed by atoms with Gasteiger partial charge in [0.1, 0.15) is 0 Å². The van der Waals surface area contributed by atoms with Crippen LogP contribution >= 0.6 is 0 Å². The Morgan fingerprint density at radius 1 is 0.688 bits per heavy atom. The summed E-state index contributed by atoms with van der Waals surface area (Å²) in [4.78, 5) is 35.3. The van der Waals surface area contributed by atoms with Crippen molar-refractivity contribution >= 4 is 17.8 Å². The largest absolute Gasteiger partial charge is 0.386 e. The van der Waals surface area contributed by atoms with Crippen LogP contribution in [0.1, 0.15) is 141 Å². The first-order valence-electron chi connectivity index (χ1n) is 12.8. The highest BCUT2D eigenvalue weighted by atomic mass is 16.6. The third kappa shape index (κ3) is 9.54. The quantitative estimate of drug-likeness (QED) is 0.151. The van der Waals surface area contributed by atoms with Crippen molar-refractivity contribution in [3.05, 3.63) is 34.9 Å². The summed E-state index contributed by atoms with van der Waals surface area (Å²) in [7, 11) is 0. The lowest BCUT2D eigenvalue weighted by Gasteiger charge is -2.06. The van der Waals surface area contributed by atoms with Gasteiger partial charge < -0.3 is 10.1 Å². The lowest BCUT2D eigenvalue weighted by Crippen LogP contribution is -2.24. The highest BCUT2D eigenvalue weighted by Crippen LogP contribution is 2.21. The summed E-state index contributed by atoms with van der Waals surface area (Å²) >= 11 is 0. The van der Waals surface area contributed by atoms with Gasteiger partial charge in [-0.15, -0.1) is 0 Å². The van der Waals surface area contributed by atoms with Crippen LogP contribution in [-0.4, -0.2) is 24.4 Å². The minimum atomic E-state index is -0.683. The number of unbranched alkanes of at least 4 members (excludes halogenated alkanes) is 15. The van der Waals surface area contributed by atoms with Gasteiger partial charge in [0.2, 0.25) is 0 Å². The van der Waals surface area contributed by atoms with E-state index in [-0.39, 0.29) is 17.0 Å². The van der Waals surface area contributed by atoms with E-state index in [9.17, 15) is 14.4 Å². The Hall–Kier alpha value is -2.17. The molecule has 178 valence electrons. The maximum absolute atomic E-state index is 12.2. The van der Waals surface area contributed by atoms with E-state index in [0.29, 0.717) is 12.1 Å². The first-order chi connectivity index (χ1) is 15.6. The summed E-state index contributed by atoms with van der Waals surface area (Å²) in [5, 5.41) is 2.89. The topological polar surface area (TPSA) is 72.5 Å².